The normalized spacial score (nSPS) is 11.7. The summed E-state index contributed by atoms with van der Waals surface area (Å²) >= 11 is 0. The van der Waals surface area contributed by atoms with Crippen LogP contribution in [0.4, 0.5) is 17.1 Å². The Hall–Kier alpha value is -8.66. The Morgan fingerprint density at radius 3 is 1.55 bits per heavy atom. The molecule has 13 aromatic rings. The lowest BCUT2D eigenvalue weighted by molar-refractivity contribution is 0.670. The molecule has 0 radical (unpaired) electrons. The van der Waals surface area contributed by atoms with E-state index in [0.717, 1.165) is 66.9 Å². The van der Waals surface area contributed by atoms with Crippen molar-refractivity contribution >= 4 is 82.4 Å². The number of fused-ring (bicyclic) bond motifs is 8. The SMILES string of the molecule is c1ccc2cc(-c3ccc(N(c4ccc(-c5ccc(-n6c7ccccc7c7ccccc76)cc5)cc4)c4ccc(-c5cccc6ccccc56)c5oc6ccccc6c45)cc3)ccc2c1. The van der Waals surface area contributed by atoms with Crippen LogP contribution in [-0.4, -0.2) is 4.57 Å². The lowest BCUT2D eigenvalue weighted by Gasteiger charge is -2.27. The van der Waals surface area contributed by atoms with E-state index in [1.807, 2.05) is 0 Å². The second-order valence-corrected chi connectivity index (χ2v) is 16.9. The van der Waals surface area contributed by atoms with E-state index in [1.54, 1.807) is 0 Å². The maximum atomic E-state index is 6.89. The predicted octanol–water partition coefficient (Wildman–Crippen LogP) is 17.5. The number of rotatable bonds is 7. The number of furan rings is 1. The molecular weight excluding hydrogens is 789 g/mol. The van der Waals surface area contributed by atoms with E-state index in [4.69, 9.17) is 4.42 Å². The van der Waals surface area contributed by atoms with Gasteiger partial charge in [-0.1, -0.05) is 170 Å². The van der Waals surface area contributed by atoms with Gasteiger partial charge in [-0.05, 0) is 122 Å². The molecule has 304 valence electrons. The number of anilines is 3. The van der Waals surface area contributed by atoms with Gasteiger partial charge in [0.05, 0.1) is 22.1 Å². The highest BCUT2D eigenvalue weighted by Crippen LogP contribution is 2.47. The molecule has 65 heavy (non-hydrogen) atoms. The van der Waals surface area contributed by atoms with Gasteiger partial charge in [0, 0.05) is 38.8 Å². The fourth-order valence-corrected chi connectivity index (χ4v) is 10.1. The average molecular weight is 829 g/mol. The Labute approximate surface area is 376 Å². The van der Waals surface area contributed by atoms with Gasteiger partial charge in [-0.15, -0.1) is 0 Å². The maximum Gasteiger partial charge on any atom is 0.145 e. The molecule has 0 aliphatic rings. The van der Waals surface area contributed by atoms with Gasteiger partial charge in [0.1, 0.15) is 11.2 Å². The zero-order chi connectivity index (χ0) is 42.8. The van der Waals surface area contributed by atoms with Crippen LogP contribution < -0.4 is 4.90 Å². The summed E-state index contributed by atoms with van der Waals surface area (Å²) in [6.45, 7) is 0. The minimum Gasteiger partial charge on any atom is -0.455 e. The number of para-hydroxylation sites is 3. The first kappa shape index (κ1) is 36.9. The first-order valence-corrected chi connectivity index (χ1v) is 22.2. The van der Waals surface area contributed by atoms with E-state index in [1.165, 1.54) is 54.5 Å². The van der Waals surface area contributed by atoms with Crippen molar-refractivity contribution in [2.45, 2.75) is 0 Å². The molecule has 0 saturated carbocycles. The smallest absolute Gasteiger partial charge is 0.145 e. The van der Waals surface area contributed by atoms with Crippen LogP contribution in [0.3, 0.4) is 0 Å². The van der Waals surface area contributed by atoms with Gasteiger partial charge in [0.25, 0.3) is 0 Å². The molecule has 0 spiro atoms. The summed E-state index contributed by atoms with van der Waals surface area (Å²) in [5, 5.41) is 9.56. The van der Waals surface area contributed by atoms with E-state index in [-0.39, 0.29) is 0 Å². The lowest BCUT2D eigenvalue weighted by atomic mass is 9.95. The first-order chi connectivity index (χ1) is 32.2. The van der Waals surface area contributed by atoms with Crippen molar-refractivity contribution in [1.29, 1.82) is 0 Å². The summed E-state index contributed by atoms with van der Waals surface area (Å²) in [5.41, 5.74) is 15.4. The number of nitrogens with zero attached hydrogens (tertiary/aromatic N) is 2. The zero-order valence-corrected chi connectivity index (χ0v) is 35.4. The molecule has 11 aromatic carbocycles. The Kier molecular flexibility index (Phi) is 8.53. The van der Waals surface area contributed by atoms with Crippen LogP contribution in [0, 0.1) is 0 Å². The molecule has 3 heteroatoms. The number of hydrogen-bond acceptors (Lipinski definition) is 2. The Morgan fingerprint density at radius 1 is 0.338 bits per heavy atom. The zero-order valence-electron chi connectivity index (χ0n) is 35.4. The second kappa shape index (κ2) is 15.0. The number of benzene rings is 11. The van der Waals surface area contributed by atoms with Gasteiger partial charge < -0.3 is 13.9 Å². The van der Waals surface area contributed by atoms with Crippen molar-refractivity contribution in [3.63, 3.8) is 0 Å². The predicted molar refractivity (Wildman–Crippen MR) is 274 cm³/mol. The van der Waals surface area contributed by atoms with E-state index < -0.39 is 0 Å². The van der Waals surface area contributed by atoms with Crippen molar-refractivity contribution in [1.82, 2.24) is 4.57 Å². The van der Waals surface area contributed by atoms with Crippen LogP contribution in [0.5, 0.6) is 0 Å². The summed E-state index contributed by atoms with van der Waals surface area (Å²) in [6.07, 6.45) is 0. The monoisotopic (exact) mass is 828 g/mol. The van der Waals surface area contributed by atoms with Crippen LogP contribution in [0.15, 0.2) is 247 Å². The third kappa shape index (κ3) is 6.12. The second-order valence-electron chi connectivity index (χ2n) is 16.9. The number of aromatic nitrogens is 1. The minimum atomic E-state index is 0.864. The quantitative estimate of drug-likeness (QED) is 0.160. The molecule has 0 unspecified atom stereocenters. The fourth-order valence-electron chi connectivity index (χ4n) is 10.1. The first-order valence-electron chi connectivity index (χ1n) is 22.2. The van der Waals surface area contributed by atoms with E-state index in [9.17, 15) is 0 Å². The minimum absolute atomic E-state index is 0.864. The van der Waals surface area contributed by atoms with E-state index in [0.29, 0.717) is 0 Å². The molecule has 3 nitrogen and oxygen atoms in total. The molecule has 0 bridgehead atoms. The van der Waals surface area contributed by atoms with Gasteiger partial charge in [-0.2, -0.15) is 0 Å². The third-order valence-electron chi connectivity index (χ3n) is 13.2. The molecule has 0 atom stereocenters. The van der Waals surface area contributed by atoms with Crippen molar-refractivity contribution in [3.8, 4) is 39.1 Å². The van der Waals surface area contributed by atoms with Crippen LogP contribution in [0.2, 0.25) is 0 Å². The van der Waals surface area contributed by atoms with Gasteiger partial charge >= 0.3 is 0 Å². The van der Waals surface area contributed by atoms with Crippen molar-refractivity contribution in [3.05, 3.63) is 243 Å². The summed E-state index contributed by atoms with van der Waals surface area (Å²) in [5.74, 6) is 0. The van der Waals surface area contributed by atoms with Crippen molar-refractivity contribution in [2.24, 2.45) is 0 Å². The molecule has 0 aliphatic carbocycles. The van der Waals surface area contributed by atoms with Crippen LogP contribution in [-0.2, 0) is 0 Å². The van der Waals surface area contributed by atoms with Crippen LogP contribution in [0.1, 0.15) is 0 Å². The molecular formula is C62H40N2O. The molecule has 0 fully saturated rings. The number of hydrogen-bond donors (Lipinski definition) is 0. The molecule has 0 amide bonds. The topological polar surface area (TPSA) is 21.3 Å². The summed E-state index contributed by atoms with van der Waals surface area (Å²) < 4.78 is 9.26. The van der Waals surface area contributed by atoms with Gasteiger partial charge in [-0.25, -0.2) is 0 Å². The highest BCUT2D eigenvalue weighted by atomic mass is 16.3. The fraction of sp³-hybridized carbons (Fsp3) is 0. The molecule has 0 saturated heterocycles. The molecule has 0 aliphatic heterocycles. The largest absolute Gasteiger partial charge is 0.455 e. The van der Waals surface area contributed by atoms with Crippen molar-refractivity contribution in [2.75, 3.05) is 4.90 Å². The van der Waals surface area contributed by atoms with Gasteiger partial charge in [0.15, 0.2) is 0 Å². The van der Waals surface area contributed by atoms with Crippen LogP contribution in [0.25, 0.3) is 104 Å². The highest BCUT2D eigenvalue weighted by Gasteiger charge is 2.23. The van der Waals surface area contributed by atoms with E-state index in [2.05, 4.69) is 252 Å². The van der Waals surface area contributed by atoms with Gasteiger partial charge in [0.2, 0.25) is 0 Å². The Balaban J connectivity index is 0.944. The standard InChI is InChI=1S/C62H40N2O/c1-2-14-46-40-47(25-24-41(46)12-1)44-30-34-49(35-31-44)63(59-39-38-55(52-20-11-15-45-13-3-4-16-51(45)52)62-61(59)56-19-7-10-23-60(56)65-62)48-32-26-42(27-33-48)43-28-36-50(37-29-43)64-57-21-8-5-17-53(57)54-18-6-9-22-58(54)64/h1-40H. The Morgan fingerprint density at radius 2 is 0.862 bits per heavy atom. The molecule has 2 heterocycles. The molecule has 13 rings (SSSR count). The molecule has 0 N–H and O–H groups in total. The van der Waals surface area contributed by atoms with Crippen molar-refractivity contribution < 1.29 is 4.42 Å². The van der Waals surface area contributed by atoms with Gasteiger partial charge in [-0.3, -0.25) is 0 Å². The molecule has 2 aromatic heterocycles. The average Bonchev–Trinajstić information content (AvgIpc) is 3.94. The Bertz CT molecular complexity index is 3870. The van der Waals surface area contributed by atoms with Crippen LogP contribution >= 0.6 is 0 Å². The summed E-state index contributed by atoms with van der Waals surface area (Å²) in [6, 6.07) is 87.6. The van der Waals surface area contributed by atoms with E-state index >= 15 is 0 Å². The third-order valence-corrected chi connectivity index (χ3v) is 13.2. The summed E-state index contributed by atoms with van der Waals surface area (Å²) in [7, 11) is 0. The summed E-state index contributed by atoms with van der Waals surface area (Å²) in [4.78, 5) is 2.39. The highest BCUT2D eigenvalue weighted by molar-refractivity contribution is 6.18. The maximum absolute atomic E-state index is 6.89. The lowest BCUT2D eigenvalue weighted by Crippen LogP contribution is -2.10.